The van der Waals surface area contributed by atoms with E-state index in [1.165, 1.54) is 12.8 Å². The van der Waals surface area contributed by atoms with Gasteiger partial charge >= 0.3 is 0 Å². The molecule has 200 valence electrons. The van der Waals surface area contributed by atoms with Crippen LogP contribution >= 0.6 is 23.8 Å². The lowest BCUT2D eigenvalue weighted by atomic mass is 9.96. The first kappa shape index (κ1) is 25.7. The summed E-state index contributed by atoms with van der Waals surface area (Å²) in [5, 5.41) is 15.4. The summed E-state index contributed by atoms with van der Waals surface area (Å²) >= 11 is 12.2. The zero-order valence-electron chi connectivity index (χ0n) is 22.0. The molecule has 1 saturated heterocycles. The molecule has 2 aliphatic rings. The van der Waals surface area contributed by atoms with E-state index in [-0.39, 0.29) is 17.8 Å². The average molecular weight is 559 g/mol. The number of aromatic hydroxyl groups is 1. The highest BCUT2D eigenvalue weighted by Crippen LogP contribution is 2.44. The Labute approximate surface area is 239 Å². The standard InChI is InChI=1S/C31H31ClN4O2S/c1-19-17-25(20(2)35(19)27-18-21(32)10-15-28(27)37)30-29(26-9-5-6-16-33-26)34-31(39)36(30)22-11-13-24(14-12-22)38-23-7-3-4-8-23/h5-6,9-18,23,29-30,37H,3-4,7-8H2,1-2H3,(H,34,39)/t29-,30+/m0/s1. The van der Waals surface area contributed by atoms with E-state index in [1.54, 1.807) is 18.2 Å². The van der Waals surface area contributed by atoms with Crippen molar-refractivity contribution in [3.05, 3.63) is 101 Å². The number of thiocarbonyl (C=S) groups is 1. The number of phenols is 1. The molecule has 1 aliphatic heterocycles. The maximum absolute atomic E-state index is 10.7. The molecule has 39 heavy (non-hydrogen) atoms. The van der Waals surface area contributed by atoms with E-state index in [2.05, 4.69) is 40.3 Å². The van der Waals surface area contributed by atoms with Gasteiger partial charge in [-0.05, 0) is 118 Å². The largest absolute Gasteiger partial charge is 0.506 e. The monoisotopic (exact) mass is 558 g/mol. The van der Waals surface area contributed by atoms with Gasteiger partial charge < -0.3 is 24.6 Å². The number of hydrogen-bond donors (Lipinski definition) is 2. The Bertz CT molecular complexity index is 1500. The Morgan fingerprint density at radius 3 is 2.51 bits per heavy atom. The number of aromatic nitrogens is 2. The molecule has 2 N–H and O–H groups in total. The predicted octanol–water partition coefficient (Wildman–Crippen LogP) is 7.35. The molecule has 0 amide bonds. The van der Waals surface area contributed by atoms with Gasteiger partial charge in [0, 0.05) is 28.3 Å². The van der Waals surface area contributed by atoms with Crippen molar-refractivity contribution in [2.75, 3.05) is 4.90 Å². The van der Waals surface area contributed by atoms with Gasteiger partial charge in [0.1, 0.15) is 11.5 Å². The van der Waals surface area contributed by atoms with Gasteiger partial charge in [0.25, 0.3) is 0 Å². The summed E-state index contributed by atoms with van der Waals surface area (Å²) in [6, 6.07) is 21.1. The van der Waals surface area contributed by atoms with E-state index >= 15 is 0 Å². The Morgan fingerprint density at radius 1 is 1.03 bits per heavy atom. The topological polar surface area (TPSA) is 62.5 Å². The van der Waals surface area contributed by atoms with Gasteiger partial charge in [0.05, 0.1) is 29.6 Å². The first-order chi connectivity index (χ1) is 18.9. The van der Waals surface area contributed by atoms with Crippen LogP contribution in [0.1, 0.15) is 60.4 Å². The highest BCUT2D eigenvalue weighted by atomic mass is 35.5. The quantitative estimate of drug-likeness (QED) is 0.241. The first-order valence-electron chi connectivity index (χ1n) is 13.4. The second kappa shape index (κ2) is 10.5. The number of phenolic OH excluding ortho intramolecular Hbond substituents is 1. The highest BCUT2D eigenvalue weighted by molar-refractivity contribution is 7.80. The van der Waals surface area contributed by atoms with E-state index in [0.29, 0.717) is 21.9 Å². The molecule has 0 unspecified atom stereocenters. The Morgan fingerprint density at radius 2 is 1.79 bits per heavy atom. The lowest BCUT2D eigenvalue weighted by Gasteiger charge is -2.28. The van der Waals surface area contributed by atoms with Crippen molar-refractivity contribution in [1.29, 1.82) is 0 Å². The molecule has 1 aliphatic carbocycles. The van der Waals surface area contributed by atoms with Crippen molar-refractivity contribution in [1.82, 2.24) is 14.9 Å². The molecule has 2 fully saturated rings. The number of aryl methyl sites for hydroxylation is 1. The third-order valence-electron chi connectivity index (χ3n) is 7.79. The zero-order valence-corrected chi connectivity index (χ0v) is 23.5. The average Bonchev–Trinajstić information content (AvgIpc) is 3.64. The number of nitrogens with zero attached hydrogens (tertiary/aromatic N) is 3. The van der Waals surface area contributed by atoms with E-state index in [9.17, 15) is 5.11 Å². The molecule has 0 bridgehead atoms. The number of benzene rings is 2. The van der Waals surface area contributed by atoms with Crippen molar-refractivity contribution >= 4 is 34.6 Å². The highest BCUT2D eigenvalue weighted by Gasteiger charge is 2.42. The van der Waals surface area contributed by atoms with Crippen LogP contribution in [0.25, 0.3) is 5.69 Å². The van der Waals surface area contributed by atoms with Gasteiger partial charge in [-0.15, -0.1) is 0 Å². The van der Waals surface area contributed by atoms with Crippen molar-refractivity contribution in [2.45, 2.75) is 57.7 Å². The molecule has 4 aromatic rings. The van der Waals surface area contributed by atoms with Crippen LogP contribution in [0.15, 0.2) is 72.9 Å². The van der Waals surface area contributed by atoms with Crippen molar-refractivity contribution in [3.8, 4) is 17.2 Å². The van der Waals surface area contributed by atoms with Crippen molar-refractivity contribution in [3.63, 3.8) is 0 Å². The maximum atomic E-state index is 10.7. The van der Waals surface area contributed by atoms with Crippen LogP contribution in [0.4, 0.5) is 5.69 Å². The fourth-order valence-electron chi connectivity index (χ4n) is 5.97. The Kier molecular flexibility index (Phi) is 6.95. The Balaban J connectivity index is 1.43. The summed E-state index contributed by atoms with van der Waals surface area (Å²) in [6.45, 7) is 4.10. The van der Waals surface area contributed by atoms with Gasteiger partial charge in [-0.3, -0.25) is 4.98 Å². The summed E-state index contributed by atoms with van der Waals surface area (Å²) in [5.74, 6) is 1.06. The number of hydrogen-bond acceptors (Lipinski definition) is 4. The molecular formula is C31H31ClN4O2S. The minimum atomic E-state index is -0.171. The van der Waals surface area contributed by atoms with Gasteiger partial charge in [0.2, 0.25) is 0 Å². The van der Waals surface area contributed by atoms with E-state index < -0.39 is 0 Å². The van der Waals surface area contributed by atoms with E-state index in [1.807, 2.05) is 48.0 Å². The molecule has 2 atom stereocenters. The van der Waals surface area contributed by atoms with Crippen LogP contribution in [-0.4, -0.2) is 25.9 Å². The number of halogens is 1. The normalized spacial score (nSPS) is 19.5. The lowest BCUT2D eigenvalue weighted by Crippen LogP contribution is -2.29. The molecule has 1 saturated carbocycles. The molecule has 0 spiro atoms. The van der Waals surface area contributed by atoms with E-state index in [4.69, 9.17) is 28.6 Å². The number of pyridine rings is 1. The lowest BCUT2D eigenvalue weighted by molar-refractivity contribution is 0.210. The predicted molar refractivity (Wildman–Crippen MR) is 159 cm³/mol. The summed E-state index contributed by atoms with van der Waals surface area (Å²) in [6.07, 6.45) is 6.82. The second-order valence-electron chi connectivity index (χ2n) is 10.3. The minimum Gasteiger partial charge on any atom is -0.506 e. The summed E-state index contributed by atoms with van der Waals surface area (Å²) < 4.78 is 8.26. The summed E-state index contributed by atoms with van der Waals surface area (Å²) in [5.41, 5.74) is 5.59. The van der Waals surface area contributed by atoms with Gasteiger partial charge in [-0.1, -0.05) is 17.7 Å². The molecular weight excluding hydrogens is 528 g/mol. The van der Waals surface area contributed by atoms with Crippen LogP contribution < -0.4 is 15.0 Å². The van der Waals surface area contributed by atoms with Crippen LogP contribution in [0, 0.1) is 13.8 Å². The molecule has 2 aromatic heterocycles. The molecule has 6 rings (SSSR count). The van der Waals surface area contributed by atoms with Crippen LogP contribution in [-0.2, 0) is 0 Å². The number of anilines is 1. The third-order valence-corrected chi connectivity index (χ3v) is 8.33. The van der Waals surface area contributed by atoms with Gasteiger partial charge in [0.15, 0.2) is 5.11 Å². The van der Waals surface area contributed by atoms with Crippen molar-refractivity contribution in [2.24, 2.45) is 0 Å². The molecule has 8 heteroatoms. The van der Waals surface area contributed by atoms with Crippen LogP contribution in [0.3, 0.4) is 0 Å². The molecule has 2 aromatic carbocycles. The minimum absolute atomic E-state index is 0.170. The fourth-order valence-corrected chi connectivity index (χ4v) is 6.48. The summed E-state index contributed by atoms with van der Waals surface area (Å²) in [4.78, 5) is 6.84. The maximum Gasteiger partial charge on any atom is 0.174 e. The van der Waals surface area contributed by atoms with Gasteiger partial charge in [-0.25, -0.2) is 0 Å². The van der Waals surface area contributed by atoms with Gasteiger partial charge in [-0.2, -0.15) is 0 Å². The zero-order chi connectivity index (χ0) is 27.1. The molecule has 0 radical (unpaired) electrons. The van der Waals surface area contributed by atoms with Crippen LogP contribution in [0.5, 0.6) is 11.5 Å². The SMILES string of the molecule is Cc1cc([C@@H]2[C@H](c3ccccn3)NC(=S)N2c2ccc(OC3CCCC3)cc2)c(C)n1-c1cc(Cl)ccc1O. The number of nitrogens with one attached hydrogen (secondary N) is 1. The second-order valence-corrected chi connectivity index (χ2v) is 11.1. The van der Waals surface area contributed by atoms with E-state index in [0.717, 1.165) is 46.9 Å². The molecule has 3 heterocycles. The summed E-state index contributed by atoms with van der Waals surface area (Å²) in [7, 11) is 0. The number of rotatable bonds is 6. The fraction of sp³-hybridized carbons (Fsp3) is 0.290. The number of ether oxygens (including phenoxy) is 1. The van der Waals surface area contributed by atoms with Crippen LogP contribution in [0.2, 0.25) is 5.02 Å². The Hall–Kier alpha value is -3.55. The third kappa shape index (κ3) is 4.85. The van der Waals surface area contributed by atoms with Crippen molar-refractivity contribution < 1.29 is 9.84 Å². The molecule has 6 nitrogen and oxygen atoms in total. The first-order valence-corrected chi connectivity index (χ1v) is 14.1. The smallest absolute Gasteiger partial charge is 0.174 e.